The summed E-state index contributed by atoms with van der Waals surface area (Å²) < 4.78 is 5.02. The predicted molar refractivity (Wildman–Crippen MR) is 58.6 cm³/mol. The van der Waals surface area contributed by atoms with E-state index in [0.717, 1.165) is 11.3 Å². The lowest BCUT2D eigenvalue weighted by atomic mass is 9.86. The molecule has 1 rings (SSSR count). The van der Waals surface area contributed by atoms with Gasteiger partial charge in [-0.1, -0.05) is 6.07 Å². The van der Waals surface area contributed by atoms with Crippen molar-refractivity contribution in [3.8, 4) is 0 Å². The van der Waals surface area contributed by atoms with Crippen molar-refractivity contribution in [3.05, 3.63) is 29.6 Å². The van der Waals surface area contributed by atoms with Crippen LogP contribution in [0.25, 0.3) is 0 Å². The Labute approximate surface area is 90.5 Å². The minimum absolute atomic E-state index is 0.212. The molecule has 0 aliphatic carbocycles. The average Bonchev–Trinajstić information content (AvgIpc) is 2.18. The number of carbonyl (C=O) groups is 1. The Hall–Kier alpha value is -1.38. The van der Waals surface area contributed by atoms with Gasteiger partial charge in [0.25, 0.3) is 0 Å². The molecule has 3 nitrogen and oxygen atoms in total. The van der Waals surface area contributed by atoms with E-state index in [1.54, 1.807) is 13.1 Å². The maximum absolute atomic E-state index is 11.7. The van der Waals surface area contributed by atoms with Crippen LogP contribution in [-0.4, -0.2) is 17.6 Å². The van der Waals surface area contributed by atoms with Crippen LogP contribution in [0.15, 0.2) is 18.3 Å². The highest BCUT2D eigenvalue weighted by atomic mass is 16.5. The molecular weight excluding hydrogens is 190 g/mol. The summed E-state index contributed by atoms with van der Waals surface area (Å²) in [5.74, 6) is -0.212. The molecule has 0 aliphatic rings. The van der Waals surface area contributed by atoms with Crippen LogP contribution in [0.1, 0.15) is 32.0 Å². The molecule has 0 unspecified atom stereocenters. The van der Waals surface area contributed by atoms with Gasteiger partial charge in [-0.05, 0) is 39.3 Å². The maximum Gasteiger partial charge on any atom is 0.316 e. The van der Waals surface area contributed by atoms with Gasteiger partial charge in [0.05, 0.1) is 12.0 Å². The van der Waals surface area contributed by atoms with Crippen LogP contribution >= 0.6 is 0 Å². The molecule has 0 N–H and O–H groups in total. The van der Waals surface area contributed by atoms with E-state index < -0.39 is 5.41 Å². The summed E-state index contributed by atoms with van der Waals surface area (Å²) in [6.45, 7) is 7.82. The van der Waals surface area contributed by atoms with Crippen LogP contribution in [0.2, 0.25) is 0 Å². The highest BCUT2D eigenvalue weighted by Crippen LogP contribution is 2.24. The molecule has 0 bridgehead atoms. The molecule has 0 saturated heterocycles. The molecule has 0 saturated carbocycles. The molecule has 0 amide bonds. The molecule has 82 valence electrons. The van der Waals surface area contributed by atoms with Gasteiger partial charge in [0, 0.05) is 11.9 Å². The molecular formula is C12H17NO2. The Morgan fingerprint density at radius 2 is 2.13 bits per heavy atom. The second-order valence-corrected chi connectivity index (χ2v) is 4.03. The van der Waals surface area contributed by atoms with Crippen LogP contribution in [0.5, 0.6) is 0 Å². The summed E-state index contributed by atoms with van der Waals surface area (Å²) in [7, 11) is 0. The number of rotatable bonds is 3. The molecule has 1 aromatic heterocycles. The molecule has 0 atom stereocenters. The van der Waals surface area contributed by atoms with E-state index in [2.05, 4.69) is 4.98 Å². The van der Waals surface area contributed by atoms with Crippen molar-refractivity contribution >= 4 is 5.97 Å². The van der Waals surface area contributed by atoms with Gasteiger partial charge < -0.3 is 4.74 Å². The van der Waals surface area contributed by atoms with E-state index in [-0.39, 0.29) is 5.97 Å². The van der Waals surface area contributed by atoms with Crippen molar-refractivity contribution < 1.29 is 9.53 Å². The van der Waals surface area contributed by atoms with Crippen LogP contribution < -0.4 is 0 Å². The lowest BCUT2D eigenvalue weighted by Gasteiger charge is -2.22. The number of ether oxygens (including phenoxy) is 1. The average molecular weight is 207 g/mol. The zero-order valence-electron chi connectivity index (χ0n) is 9.70. The van der Waals surface area contributed by atoms with Gasteiger partial charge in [0.1, 0.15) is 0 Å². The zero-order valence-corrected chi connectivity index (χ0v) is 9.70. The summed E-state index contributed by atoms with van der Waals surface area (Å²) in [4.78, 5) is 15.9. The Kier molecular flexibility index (Phi) is 3.45. The minimum atomic E-state index is -0.628. The Morgan fingerprint density at radius 1 is 1.47 bits per heavy atom. The number of esters is 1. The second kappa shape index (κ2) is 4.43. The zero-order chi connectivity index (χ0) is 11.5. The van der Waals surface area contributed by atoms with Crippen LogP contribution in [-0.2, 0) is 14.9 Å². The first-order valence-electron chi connectivity index (χ1n) is 5.09. The highest BCUT2D eigenvalue weighted by Gasteiger charge is 2.31. The molecule has 15 heavy (non-hydrogen) atoms. The van der Waals surface area contributed by atoms with Crippen molar-refractivity contribution in [2.24, 2.45) is 0 Å². The van der Waals surface area contributed by atoms with E-state index in [9.17, 15) is 4.79 Å². The summed E-state index contributed by atoms with van der Waals surface area (Å²) in [6.07, 6.45) is 1.73. The highest BCUT2D eigenvalue weighted by molar-refractivity contribution is 5.82. The van der Waals surface area contributed by atoms with Gasteiger partial charge in [-0.25, -0.2) is 0 Å². The lowest BCUT2D eigenvalue weighted by molar-refractivity contribution is -0.148. The molecule has 0 aromatic carbocycles. The molecule has 1 heterocycles. The van der Waals surface area contributed by atoms with Crippen LogP contribution in [0.4, 0.5) is 0 Å². The number of hydrogen-bond acceptors (Lipinski definition) is 3. The standard InChI is InChI=1S/C12H17NO2/c1-5-15-11(14)12(3,4)10-7-6-9(2)13-8-10/h6-8H,5H2,1-4H3. The normalized spacial score (nSPS) is 11.2. The van der Waals surface area contributed by atoms with E-state index in [1.807, 2.05) is 32.9 Å². The van der Waals surface area contributed by atoms with Gasteiger partial charge in [0.15, 0.2) is 0 Å². The van der Waals surface area contributed by atoms with Crippen molar-refractivity contribution in [3.63, 3.8) is 0 Å². The largest absolute Gasteiger partial charge is 0.465 e. The molecule has 1 aromatic rings. The SMILES string of the molecule is CCOC(=O)C(C)(C)c1ccc(C)nc1. The number of aromatic nitrogens is 1. The van der Waals surface area contributed by atoms with E-state index in [0.29, 0.717) is 6.61 Å². The van der Waals surface area contributed by atoms with Crippen molar-refractivity contribution in [1.29, 1.82) is 0 Å². The number of hydrogen-bond donors (Lipinski definition) is 0. The molecule has 0 radical (unpaired) electrons. The quantitative estimate of drug-likeness (QED) is 0.713. The topological polar surface area (TPSA) is 39.2 Å². The van der Waals surface area contributed by atoms with E-state index in [1.165, 1.54) is 0 Å². The first kappa shape index (κ1) is 11.7. The molecule has 3 heteroatoms. The second-order valence-electron chi connectivity index (χ2n) is 4.03. The fraction of sp³-hybridized carbons (Fsp3) is 0.500. The monoisotopic (exact) mass is 207 g/mol. The number of carbonyl (C=O) groups excluding carboxylic acids is 1. The number of nitrogens with zero attached hydrogens (tertiary/aromatic N) is 1. The van der Waals surface area contributed by atoms with E-state index >= 15 is 0 Å². The summed E-state index contributed by atoms with van der Waals surface area (Å²) in [6, 6.07) is 3.82. The van der Waals surface area contributed by atoms with Crippen molar-refractivity contribution in [2.75, 3.05) is 6.61 Å². The Bertz CT molecular complexity index is 341. The maximum atomic E-state index is 11.7. The fourth-order valence-electron chi connectivity index (χ4n) is 1.27. The van der Waals surface area contributed by atoms with Crippen LogP contribution in [0, 0.1) is 6.92 Å². The smallest absolute Gasteiger partial charge is 0.316 e. The molecule has 0 aliphatic heterocycles. The van der Waals surface area contributed by atoms with Gasteiger partial charge in [-0.2, -0.15) is 0 Å². The van der Waals surface area contributed by atoms with E-state index in [4.69, 9.17) is 4.74 Å². The van der Waals surface area contributed by atoms with Crippen molar-refractivity contribution in [2.45, 2.75) is 33.1 Å². The third kappa shape index (κ3) is 2.55. The summed E-state index contributed by atoms with van der Waals surface area (Å²) in [5, 5.41) is 0. The predicted octanol–water partition coefficient (Wildman–Crippen LogP) is 2.23. The van der Waals surface area contributed by atoms with Crippen LogP contribution in [0.3, 0.4) is 0 Å². The van der Waals surface area contributed by atoms with Crippen molar-refractivity contribution in [1.82, 2.24) is 4.98 Å². The Morgan fingerprint density at radius 3 is 2.60 bits per heavy atom. The molecule has 0 spiro atoms. The number of aryl methyl sites for hydroxylation is 1. The first-order valence-corrected chi connectivity index (χ1v) is 5.09. The van der Waals surface area contributed by atoms with Gasteiger partial charge in [-0.15, -0.1) is 0 Å². The molecule has 0 fully saturated rings. The third-order valence-corrected chi connectivity index (χ3v) is 2.42. The fourth-order valence-corrected chi connectivity index (χ4v) is 1.27. The third-order valence-electron chi connectivity index (χ3n) is 2.42. The lowest BCUT2D eigenvalue weighted by Crippen LogP contribution is -2.31. The minimum Gasteiger partial charge on any atom is -0.465 e. The summed E-state index contributed by atoms with van der Waals surface area (Å²) >= 11 is 0. The summed E-state index contributed by atoms with van der Waals surface area (Å²) in [5.41, 5.74) is 1.20. The van der Waals surface area contributed by atoms with Gasteiger partial charge in [0.2, 0.25) is 0 Å². The van der Waals surface area contributed by atoms with Gasteiger partial charge >= 0.3 is 5.97 Å². The Balaban J connectivity index is 2.94. The van der Waals surface area contributed by atoms with Gasteiger partial charge in [-0.3, -0.25) is 9.78 Å². The first-order chi connectivity index (χ1) is 6.98. The number of pyridine rings is 1.